The van der Waals surface area contributed by atoms with Crippen molar-refractivity contribution in [2.24, 2.45) is 0 Å². The molecule has 0 aliphatic heterocycles. The van der Waals surface area contributed by atoms with E-state index < -0.39 is 0 Å². The van der Waals surface area contributed by atoms with Crippen LogP contribution >= 0.6 is 0 Å². The summed E-state index contributed by atoms with van der Waals surface area (Å²) in [7, 11) is 1.94. The Labute approximate surface area is 109 Å². The highest BCUT2D eigenvalue weighted by molar-refractivity contribution is 5.35. The van der Waals surface area contributed by atoms with Gasteiger partial charge >= 0.3 is 0 Å². The smallest absolute Gasteiger partial charge is 0.127 e. The molecule has 2 nitrogen and oxygen atoms in total. The molecule has 0 bridgehead atoms. The van der Waals surface area contributed by atoms with Crippen LogP contribution in [0.1, 0.15) is 18.1 Å². The maximum absolute atomic E-state index is 5.84. The summed E-state index contributed by atoms with van der Waals surface area (Å²) in [5.74, 6) is 1.76. The fourth-order valence-electron chi connectivity index (χ4n) is 1.85. The zero-order valence-electron chi connectivity index (χ0n) is 10.9. The van der Waals surface area contributed by atoms with Crippen molar-refractivity contribution in [3.8, 4) is 11.5 Å². The Morgan fingerprint density at radius 1 is 0.944 bits per heavy atom. The highest BCUT2D eigenvalue weighted by Gasteiger charge is 1.99. The minimum atomic E-state index is 0.853. The summed E-state index contributed by atoms with van der Waals surface area (Å²) in [6, 6.07) is 16.4. The van der Waals surface area contributed by atoms with Crippen LogP contribution in [0.4, 0.5) is 0 Å². The van der Waals surface area contributed by atoms with E-state index in [-0.39, 0.29) is 0 Å². The summed E-state index contributed by atoms with van der Waals surface area (Å²) in [5, 5.41) is 3.13. The van der Waals surface area contributed by atoms with E-state index in [2.05, 4.69) is 36.5 Å². The van der Waals surface area contributed by atoms with Crippen LogP contribution < -0.4 is 10.1 Å². The molecule has 0 aliphatic rings. The van der Waals surface area contributed by atoms with E-state index in [1.165, 1.54) is 11.1 Å². The van der Waals surface area contributed by atoms with Gasteiger partial charge in [-0.2, -0.15) is 0 Å². The summed E-state index contributed by atoms with van der Waals surface area (Å²) in [6.07, 6.45) is 1.05. The highest BCUT2D eigenvalue weighted by Crippen LogP contribution is 2.22. The molecule has 0 radical (unpaired) electrons. The van der Waals surface area contributed by atoms with Crippen LogP contribution in [0.3, 0.4) is 0 Å². The molecule has 1 N–H and O–H groups in total. The first-order valence-electron chi connectivity index (χ1n) is 6.32. The molecule has 2 heteroatoms. The van der Waals surface area contributed by atoms with Crippen LogP contribution in [0.5, 0.6) is 11.5 Å². The monoisotopic (exact) mass is 241 g/mol. The fourth-order valence-corrected chi connectivity index (χ4v) is 1.85. The van der Waals surface area contributed by atoms with Crippen molar-refractivity contribution < 1.29 is 4.74 Å². The van der Waals surface area contributed by atoms with Crippen molar-refractivity contribution in [1.29, 1.82) is 0 Å². The van der Waals surface area contributed by atoms with Gasteiger partial charge in [-0.3, -0.25) is 0 Å². The number of hydrogen-bond donors (Lipinski definition) is 1. The molecule has 0 saturated carbocycles. The van der Waals surface area contributed by atoms with Crippen molar-refractivity contribution in [1.82, 2.24) is 5.32 Å². The van der Waals surface area contributed by atoms with Gasteiger partial charge in [0.1, 0.15) is 11.5 Å². The molecule has 2 aromatic rings. The second-order valence-electron chi connectivity index (χ2n) is 4.28. The zero-order chi connectivity index (χ0) is 12.8. The zero-order valence-corrected chi connectivity index (χ0v) is 10.9. The second-order valence-corrected chi connectivity index (χ2v) is 4.28. The summed E-state index contributed by atoms with van der Waals surface area (Å²) < 4.78 is 5.84. The predicted molar refractivity (Wildman–Crippen MR) is 75.1 cm³/mol. The first-order chi connectivity index (χ1) is 8.81. The van der Waals surface area contributed by atoms with E-state index in [4.69, 9.17) is 4.74 Å². The third-order valence-electron chi connectivity index (χ3n) is 2.85. The van der Waals surface area contributed by atoms with Gasteiger partial charge in [0.25, 0.3) is 0 Å². The summed E-state index contributed by atoms with van der Waals surface area (Å²) in [4.78, 5) is 0. The number of ether oxygens (including phenoxy) is 1. The molecule has 0 saturated heterocycles. The lowest BCUT2D eigenvalue weighted by molar-refractivity contribution is 0.481. The number of benzene rings is 2. The van der Waals surface area contributed by atoms with Crippen molar-refractivity contribution in [3.05, 3.63) is 59.7 Å². The van der Waals surface area contributed by atoms with Gasteiger partial charge in [-0.05, 0) is 48.9 Å². The van der Waals surface area contributed by atoms with Gasteiger partial charge in [0, 0.05) is 6.54 Å². The number of aryl methyl sites for hydroxylation is 1. The quantitative estimate of drug-likeness (QED) is 0.860. The van der Waals surface area contributed by atoms with E-state index >= 15 is 0 Å². The van der Waals surface area contributed by atoms with E-state index in [1.54, 1.807) is 0 Å². The Kier molecular flexibility index (Phi) is 4.37. The lowest BCUT2D eigenvalue weighted by atomic mass is 10.2. The van der Waals surface area contributed by atoms with Crippen LogP contribution in [0.2, 0.25) is 0 Å². The fraction of sp³-hybridized carbons (Fsp3) is 0.250. The van der Waals surface area contributed by atoms with Gasteiger partial charge in [-0.25, -0.2) is 0 Å². The summed E-state index contributed by atoms with van der Waals surface area (Å²) in [5.41, 5.74) is 2.55. The normalized spacial score (nSPS) is 10.3. The minimum Gasteiger partial charge on any atom is -0.457 e. The topological polar surface area (TPSA) is 21.3 Å². The minimum absolute atomic E-state index is 0.853. The lowest BCUT2D eigenvalue weighted by Gasteiger charge is -2.08. The average molecular weight is 241 g/mol. The van der Waals surface area contributed by atoms with Crippen LogP contribution in [0.25, 0.3) is 0 Å². The van der Waals surface area contributed by atoms with Crippen LogP contribution in [-0.2, 0) is 13.0 Å². The van der Waals surface area contributed by atoms with Crippen molar-refractivity contribution >= 4 is 0 Å². The van der Waals surface area contributed by atoms with E-state index in [0.717, 1.165) is 24.5 Å². The molecule has 0 spiro atoms. The maximum atomic E-state index is 5.84. The summed E-state index contributed by atoms with van der Waals surface area (Å²) in [6.45, 7) is 3.00. The SMILES string of the molecule is CCc1ccc(Oc2cccc(CNC)c2)cc1. The highest BCUT2D eigenvalue weighted by atomic mass is 16.5. The molecule has 0 fully saturated rings. The molecule has 0 aromatic heterocycles. The third kappa shape index (κ3) is 3.34. The molecule has 2 rings (SSSR count). The van der Waals surface area contributed by atoms with E-state index in [9.17, 15) is 0 Å². The molecule has 94 valence electrons. The van der Waals surface area contributed by atoms with Gasteiger partial charge in [0.2, 0.25) is 0 Å². The Morgan fingerprint density at radius 2 is 1.72 bits per heavy atom. The Balaban J connectivity index is 2.09. The third-order valence-corrected chi connectivity index (χ3v) is 2.85. The van der Waals surface area contributed by atoms with Gasteiger partial charge in [-0.1, -0.05) is 31.2 Å². The first-order valence-corrected chi connectivity index (χ1v) is 6.32. The maximum Gasteiger partial charge on any atom is 0.127 e. The van der Waals surface area contributed by atoms with Crippen LogP contribution in [-0.4, -0.2) is 7.05 Å². The second kappa shape index (κ2) is 6.22. The summed E-state index contributed by atoms with van der Waals surface area (Å²) >= 11 is 0. The Hall–Kier alpha value is -1.80. The first kappa shape index (κ1) is 12.7. The lowest BCUT2D eigenvalue weighted by Crippen LogP contribution is -2.04. The van der Waals surface area contributed by atoms with Gasteiger partial charge in [0.05, 0.1) is 0 Å². The van der Waals surface area contributed by atoms with E-state index in [0.29, 0.717) is 0 Å². The average Bonchev–Trinajstić information content (AvgIpc) is 2.40. The van der Waals surface area contributed by atoms with Gasteiger partial charge in [-0.15, -0.1) is 0 Å². The number of nitrogens with one attached hydrogen (secondary N) is 1. The molecule has 18 heavy (non-hydrogen) atoms. The van der Waals surface area contributed by atoms with E-state index in [1.807, 2.05) is 31.3 Å². The molecule has 2 aromatic carbocycles. The van der Waals surface area contributed by atoms with Crippen molar-refractivity contribution in [3.63, 3.8) is 0 Å². The standard InChI is InChI=1S/C16H19NO/c1-3-13-7-9-15(10-8-13)18-16-6-4-5-14(11-16)12-17-2/h4-11,17H,3,12H2,1-2H3. The Bertz CT molecular complexity index is 491. The number of hydrogen-bond acceptors (Lipinski definition) is 2. The molecule has 0 unspecified atom stereocenters. The van der Waals surface area contributed by atoms with Crippen molar-refractivity contribution in [2.75, 3.05) is 7.05 Å². The molecule has 0 aliphatic carbocycles. The van der Waals surface area contributed by atoms with Crippen LogP contribution in [0.15, 0.2) is 48.5 Å². The largest absolute Gasteiger partial charge is 0.457 e. The Morgan fingerprint density at radius 3 is 2.39 bits per heavy atom. The van der Waals surface area contributed by atoms with Crippen LogP contribution in [0, 0.1) is 0 Å². The molecule has 0 heterocycles. The molecular formula is C16H19NO. The molecule has 0 atom stereocenters. The van der Waals surface area contributed by atoms with Crippen molar-refractivity contribution in [2.45, 2.75) is 19.9 Å². The predicted octanol–water partition coefficient (Wildman–Crippen LogP) is 3.76. The number of rotatable bonds is 5. The molecule has 0 amide bonds. The van der Waals surface area contributed by atoms with Gasteiger partial charge < -0.3 is 10.1 Å². The molecular weight excluding hydrogens is 222 g/mol. The van der Waals surface area contributed by atoms with Gasteiger partial charge in [0.15, 0.2) is 0 Å².